The van der Waals surface area contributed by atoms with E-state index in [-0.39, 0.29) is 11.8 Å². The van der Waals surface area contributed by atoms with E-state index in [4.69, 9.17) is 0 Å². The molecule has 2 atom stereocenters. The maximum absolute atomic E-state index is 10.7. The van der Waals surface area contributed by atoms with Crippen molar-refractivity contribution in [2.45, 2.75) is 19.1 Å². The van der Waals surface area contributed by atoms with E-state index >= 15 is 0 Å². The molecule has 0 aliphatic rings. The quantitative estimate of drug-likeness (QED) is 0.474. The molecule has 0 saturated heterocycles. The van der Waals surface area contributed by atoms with E-state index in [2.05, 4.69) is 32.8 Å². The number of aliphatic hydroxyl groups is 1. The van der Waals surface area contributed by atoms with E-state index < -0.39 is 6.10 Å². The average molecular weight is 377 g/mol. The number of nitrogens with one attached hydrogen (secondary N) is 1. The summed E-state index contributed by atoms with van der Waals surface area (Å²) in [5, 5.41) is 26.5. The summed E-state index contributed by atoms with van der Waals surface area (Å²) in [7, 11) is 0. The Kier molecular flexibility index (Phi) is 4.75. The first-order valence-corrected chi connectivity index (χ1v) is 9.52. The van der Waals surface area contributed by atoms with E-state index in [9.17, 15) is 10.2 Å². The molecule has 2 heterocycles. The zero-order valence-corrected chi connectivity index (χ0v) is 15.5. The van der Waals surface area contributed by atoms with Crippen molar-refractivity contribution in [2.75, 3.05) is 5.32 Å². The van der Waals surface area contributed by atoms with Gasteiger partial charge in [0.05, 0.1) is 17.5 Å². The number of thiophene rings is 1. The summed E-state index contributed by atoms with van der Waals surface area (Å²) in [6.45, 7) is 1.90. The molecule has 0 amide bonds. The highest BCUT2D eigenvalue weighted by atomic mass is 32.1. The molecule has 0 saturated carbocycles. The third-order valence-corrected chi connectivity index (χ3v) is 5.41. The molecule has 0 bridgehead atoms. The highest BCUT2D eigenvalue weighted by Gasteiger charge is 2.20. The van der Waals surface area contributed by atoms with Gasteiger partial charge in [0.1, 0.15) is 22.7 Å². The van der Waals surface area contributed by atoms with Gasteiger partial charge in [-0.05, 0) is 30.2 Å². The molecule has 4 rings (SSSR count). The lowest BCUT2D eigenvalue weighted by Gasteiger charge is -2.21. The van der Waals surface area contributed by atoms with Crippen LogP contribution in [0.3, 0.4) is 0 Å². The number of benzene rings is 2. The van der Waals surface area contributed by atoms with Gasteiger partial charge in [0.25, 0.3) is 0 Å². The predicted molar refractivity (Wildman–Crippen MR) is 109 cm³/mol. The second-order valence-electron chi connectivity index (χ2n) is 6.39. The van der Waals surface area contributed by atoms with Gasteiger partial charge in [0.2, 0.25) is 0 Å². The van der Waals surface area contributed by atoms with Crippen LogP contribution >= 0.6 is 11.3 Å². The lowest BCUT2D eigenvalue weighted by molar-refractivity contribution is 0.160. The summed E-state index contributed by atoms with van der Waals surface area (Å²) >= 11 is 1.58. The molecule has 2 aromatic heterocycles. The standard InChI is InChI=1S/C21H19N3O2S/c1-13(19(26)15-7-9-16(25)10-8-15)24-20-18-17(14-5-3-2-4-6-14)11-27-21(18)23-12-22-20/h2-13,19,25-26H,1H3,(H,22,23,24)/t13-,19+/m0/s1. The summed E-state index contributed by atoms with van der Waals surface area (Å²) in [6, 6.07) is 16.4. The maximum Gasteiger partial charge on any atom is 0.139 e. The number of hydrogen-bond acceptors (Lipinski definition) is 6. The van der Waals surface area contributed by atoms with Crippen molar-refractivity contribution in [1.29, 1.82) is 0 Å². The van der Waals surface area contributed by atoms with Crippen LogP contribution in [0.25, 0.3) is 21.3 Å². The van der Waals surface area contributed by atoms with Gasteiger partial charge in [-0.25, -0.2) is 9.97 Å². The number of phenols is 1. The Morgan fingerprint density at radius 1 is 1.00 bits per heavy atom. The largest absolute Gasteiger partial charge is 0.508 e. The van der Waals surface area contributed by atoms with Crippen molar-refractivity contribution in [1.82, 2.24) is 9.97 Å². The number of anilines is 1. The molecule has 3 N–H and O–H groups in total. The van der Waals surface area contributed by atoms with Crippen molar-refractivity contribution < 1.29 is 10.2 Å². The van der Waals surface area contributed by atoms with E-state index in [0.717, 1.165) is 26.9 Å². The first-order valence-electron chi connectivity index (χ1n) is 8.64. The summed E-state index contributed by atoms with van der Waals surface area (Å²) in [5.41, 5.74) is 2.91. The molecule has 0 unspecified atom stereocenters. The predicted octanol–water partition coefficient (Wildman–Crippen LogP) is 4.60. The second kappa shape index (κ2) is 7.34. The Labute approximate surface area is 161 Å². The van der Waals surface area contributed by atoms with Gasteiger partial charge in [-0.2, -0.15) is 0 Å². The van der Waals surface area contributed by atoms with Crippen LogP contribution in [-0.2, 0) is 0 Å². The smallest absolute Gasteiger partial charge is 0.139 e. The Bertz CT molecular complexity index is 1050. The molecule has 27 heavy (non-hydrogen) atoms. The molecule has 4 aromatic rings. The third-order valence-electron chi connectivity index (χ3n) is 4.53. The van der Waals surface area contributed by atoms with Crippen LogP contribution in [0, 0.1) is 0 Å². The van der Waals surface area contributed by atoms with Gasteiger partial charge in [-0.1, -0.05) is 42.5 Å². The highest BCUT2D eigenvalue weighted by Crippen LogP contribution is 2.37. The van der Waals surface area contributed by atoms with E-state index in [1.807, 2.05) is 25.1 Å². The molecular formula is C21H19N3O2S. The van der Waals surface area contributed by atoms with E-state index in [0.29, 0.717) is 5.82 Å². The minimum Gasteiger partial charge on any atom is -0.508 e. The topological polar surface area (TPSA) is 78.3 Å². The molecule has 0 radical (unpaired) electrons. The lowest BCUT2D eigenvalue weighted by Crippen LogP contribution is -2.24. The van der Waals surface area contributed by atoms with Crippen LogP contribution in [0.2, 0.25) is 0 Å². The molecule has 0 aliphatic carbocycles. The fourth-order valence-electron chi connectivity index (χ4n) is 3.07. The van der Waals surface area contributed by atoms with Crippen molar-refractivity contribution in [3.05, 3.63) is 71.9 Å². The summed E-state index contributed by atoms with van der Waals surface area (Å²) in [6.07, 6.45) is 0.796. The molecule has 0 aliphatic heterocycles. The fraction of sp³-hybridized carbons (Fsp3) is 0.143. The summed E-state index contributed by atoms with van der Waals surface area (Å²) < 4.78 is 0. The normalized spacial score (nSPS) is 13.4. The fourth-order valence-corrected chi connectivity index (χ4v) is 3.99. The molecule has 6 heteroatoms. The zero-order valence-electron chi connectivity index (χ0n) is 14.7. The van der Waals surface area contributed by atoms with Crippen molar-refractivity contribution in [3.63, 3.8) is 0 Å². The van der Waals surface area contributed by atoms with Gasteiger partial charge in [-0.15, -0.1) is 11.3 Å². The lowest BCUT2D eigenvalue weighted by atomic mass is 10.0. The van der Waals surface area contributed by atoms with Crippen LogP contribution < -0.4 is 5.32 Å². The number of rotatable bonds is 5. The third kappa shape index (κ3) is 3.49. The van der Waals surface area contributed by atoms with Crippen LogP contribution in [0.1, 0.15) is 18.6 Å². The molecule has 0 fully saturated rings. The van der Waals surface area contributed by atoms with Crippen LogP contribution in [0.5, 0.6) is 5.75 Å². The first-order chi connectivity index (χ1) is 13.1. The van der Waals surface area contributed by atoms with Gasteiger partial charge < -0.3 is 15.5 Å². The number of aliphatic hydroxyl groups excluding tert-OH is 1. The van der Waals surface area contributed by atoms with Crippen molar-refractivity contribution in [3.8, 4) is 16.9 Å². The molecule has 136 valence electrons. The number of aromatic nitrogens is 2. The van der Waals surface area contributed by atoms with E-state index in [1.54, 1.807) is 35.6 Å². The van der Waals surface area contributed by atoms with Crippen molar-refractivity contribution in [2.24, 2.45) is 0 Å². The Morgan fingerprint density at radius 3 is 2.48 bits per heavy atom. The SMILES string of the molecule is C[C@H](Nc1ncnc2scc(-c3ccccc3)c12)[C@@H](O)c1ccc(O)cc1. The number of hydrogen-bond donors (Lipinski definition) is 3. The van der Waals surface area contributed by atoms with E-state index in [1.165, 1.54) is 6.33 Å². The molecule has 5 nitrogen and oxygen atoms in total. The Morgan fingerprint density at radius 2 is 1.74 bits per heavy atom. The average Bonchev–Trinajstić information content (AvgIpc) is 3.14. The highest BCUT2D eigenvalue weighted by molar-refractivity contribution is 7.17. The Hall–Kier alpha value is -2.96. The number of aromatic hydroxyl groups is 1. The monoisotopic (exact) mass is 377 g/mol. The molecule has 0 spiro atoms. The number of fused-ring (bicyclic) bond motifs is 1. The minimum absolute atomic E-state index is 0.176. The maximum atomic E-state index is 10.7. The number of phenolic OH excluding ortho intramolecular Hbond substituents is 1. The number of nitrogens with zero attached hydrogens (tertiary/aromatic N) is 2. The summed E-state index contributed by atoms with van der Waals surface area (Å²) in [5.74, 6) is 0.875. The van der Waals surface area contributed by atoms with Gasteiger partial charge in [-0.3, -0.25) is 0 Å². The molecular weight excluding hydrogens is 358 g/mol. The Balaban J connectivity index is 1.67. The minimum atomic E-state index is -0.741. The summed E-state index contributed by atoms with van der Waals surface area (Å²) in [4.78, 5) is 9.71. The van der Waals surface area contributed by atoms with Gasteiger partial charge in [0, 0.05) is 10.9 Å². The van der Waals surface area contributed by atoms with Gasteiger partial charge >= 0.3 is 0 Å². The zero-order chi connectivity index (χ0) is 18.8. The van der Waals surface area contributed by atoms with Crippen LogP contribution in [0.4, 0.5) is 5.82 Å². The molecule has 2 aromatic carbocycles. The first kappa shape index (κ1) is 17.5. The van der Waals surface area contributed by atoms with Crippen molar-refractivity contribution >= 4 is 27.4 Å². The second-order valence-corrected chi connectivity index (χ2v) is 7.25. The van der Waals surface area contributed by atoms with Crippen LogP contribution in [-0.4, -0.2) is 26.2 Å². The van der Waals surface area contributed by atoms with Crippen LogP contribution in [0.15, 0.2) is 66.3 Å². The van der Waals surface area contributed by atoms with Gasteiger partial charge in [0.15, 0.2) is 0 Å².